The topological polar surface area (TPSA) is 147 Å². The van der Waals surface area contributed by atoms with Gasteiger partial charge in [0.2, 0.25) is 0 Å². The predicted octanol–water partition coefficient (Wildman–Crippen LogP) is 1.81. The summed E-state index contributed by atoms with van der Waals surface area (Å²) in [6, 6.07) is 3.13. The van der Waals surface area contributed by atoms with Crippen molar-refractivity contribution >= 4 is 28.9 Å². The van der Waals surface area contributed by atoms with E-state index in [9.17, 15) is 14.9 Å². The summed E-state index contributed by atoms with van der Waals surface area (Å²) >= 11 is 0. The monoisotopic (exact) mass is 397 g/mol. The van der Waals surface area contributed by atoms with Crippen molar-refractivity contribution in [1.29, 1.82) is 5.26 Å². The molecule has 0 unspecified atom stereocenters. The fourth-order valence-corrected chi connectivity index (χ4v) is 3.17. The SMILES string of the molecule is CC(C)(C)OC(=O)N1CCC[C@H](Nc2ncnc3c(C(N)=O)cc(C#N)nc23)C1. The lowest BCUT2D eigenvalue weighted by Gasteiger charge is -2.34. The molecule has 0 aliphatic carbocycles. The second kappa shape index (κ2) is 7.87. The summed E-state index contributed by atoms with van der Waals surface area (Å²) in [6.45, 7) is 6.52. The smallest absolute Gasteiger partial charge is 0.410 e. The molecule has 3 N–H and O–H groups in total. The molecule has 29 heavy (non-hydrogen) atoms. The van der Waals surface area contributed by atoms with Crippen LogP contribution in [0.5, 0.6) is 0 Å². The third-order valence-electron chi connectivity index (χ3n) is 4.38. The highest BCUT2D eigenvalue weighted by atomic mass is 16.6. The van der Waals surface area contributed by atoms with Gasteiger partial charge in [-0.25, -0.2) is 19.7 Å². The van der Waals surface area contributed by atoms with Crippen molar-refractivity contribution in [1.82, 2.24) is 19.9 Å². The molecule has 0 saturated carbocycles. The standard InChI is InChI=1S/C19H23N7O3/c1-19(2,3)29-18(28)26-6-4-5-11(9-26)25-17-15-14(22-10-23-17)13(16(21)27)7-12(8-20)24-15/h7,10-11H,4-6,9H2,1-3H3,(H2,21,27)(H,22,23,25)/t11-/m0/s1. The number of piperidine rings is 1. The van der Waals surface area contributed by atoms with Crippen molar-refractivity contribution < 1.29 is 14.3 Å². The molecule has 1 aliphatic heterocycles. The molecule has 2 aromatic rings. The quantitative estimate of drug-likeness (QED) is 0.797. The maximum atomic E-state index is 12.4. The Hall–Kier alpha value is -3.48. The van der Waals surface area contributed by atoms with Crippen LogP contribution in [0.25, 0.3) is 11.0 Å². The molecule has 10 nitrogen and oxygen atoms in total. The number of nitrogens with zero attached hydrogens (tertiary/aromatic N) is 5. The first kappa shape index (κ1) is 20.3. The van der Waals surface area contributed by atoms with E-state index in [4.69, 9.17) is 10.5 Å². The van der Waals surface area contributed by atoms with Crippen molar-refractivity contribution in [2.24, 2.45) is 5.73 Å². The van der Waals surface area contributed by atoms with E-state index in [2.05, 4.69) is 20.3 Å². The van der Waals surface area contributed by atoms with Crippen molar-refractivity contribution in [3.8, 4) is 6.07 Å². The molecule has 1 fully saturated rings. The number of nitrogens with one attached hydrogen (secondary N) is 1. The fraction of sp³-hybridized carbons (Fsp3) is 0.474. The normalized spacial score (nSPS) is 16.9. The summed E-state index contributed by atoms with van der Waals surface area (Å²) in [7, 11) is 0. The summed E-state index contributed by atoms with van der Waals surface area (Å²) in [5, 5.41) is 12.5. The summed E-state index contributed by atoms with van der Waals surface area (Å²) in [5.74, 6) is -0.321. The lowest BCUT2D eigenvalue weighted by Crippen LogP contribution is -2.47. The van der Waals surface area contributed by atoms with E-state index in [0.29, 0.717) is 18.9 Å². The molecule has 2 aromatic heterocycles. The maximum absolute atomic E-state index is 12.4. The number of likely N-dealkylation sites (tertiary alicyclic amines) is 1. The van der Waals surface area contributed by atoms with Crippen LogP contribution in [0.15, 0.2) is 12.4 Å². The van der Waals surface area contributed by atoms with Gasteiger partial charge in [-0.15, -0.1) is 0 Å². The van der Waals surface area contributed by atoms with Crippen LogP contribution in [0, 0.1) is 11.3 Å². The van der Waals surface area contributed by atoms with Gasteiger partial charge in [0.15, 0.2) is 5.82 Å². The number of anilines is 1. The second-order valence-corrected chi connectivity index (χ2v) is 7.86. The van der Waals surface area contributed by atoms with E-state index in [1.807, 2.05) is 26.8 Å². The Morgan fingerprint density at radius 3 is 2.76 bits per heavy atom. The van der Waals surface area contributed by atoms with Crippen molar-refractivity contribution in [2.75, 3.05) is 18.4 Å². The van der Waals surface area contributed by atoms with Crippen molar-refractivity contribution in [3.05, 3.63) is 23.7 Å². The molecule has 1 aliphatic rings. The number of hydrogen-bond donors (Lipinski definition) is 2. The molecular formula is C19H23N7O3. The van der Waals surface area contributed by atoms with Gasteiger partial charge in [0, 0.05) is 19.1 Å². The summed E-state index contributed by atoms with van der Waals surface area (Å²) in [5.41, 5.74) is 5.57. The molecule has 3 heterocycles. The molecule has 0 radical (unpaired) electrons. The minimum absolute atomic E-state index is 0.0446. The van der Waals surface area contributed by atoms with Crippen LogP contribution in [-0.4, -0.2) is 56.6 Å². The third kappa shape index (κ3) is 4.68. The van der Waals surface area contributed by atoms with Crippen LogP contribution >= 0.6 is 0 Å². The molecule has 0 aromatic carbocycles. The first-order valence-electron chi connectivity index (χ1n) is 9.28. The summed E-state index contributed by atoms with van der Waals surface area (Å²) < 4.78 is 5.45. The number of pyridine rings is 1. The van der Waals surface area contributed by atoms with Crippen molar-refractivity contribution in [2.45, 2.75) is 45.3 Å². The number of hydrogen-bond acceptors (Lipinski definition) is 8. The highest BCUT2D eigenvalue weighted by Gasteiger charge is 2.28. The number of nitriles is 1. The Bertz CT molecular complexity index is 994. The van der Waals surface area contributed by atoms with Gasteiger partial charge >= 0.3 is 6.09 Å². The van der Waals surface area contributed by atoms with E-state index >= 15 is 0 Å². The average Bonchev–Trinajstić information content (AvgIpc) is 2.66. The van der Waals surface area contributed by atoms with E-state index < -0.39 is 11.5 Å². The lowest BCUT2D eigenvalue weighted by atomic mass is 10.1. The minimum atomic E-state index is -0.702. The van der Waals surface area contributed by atoms with Crippen LogP contribution in [0.4, 0.5) is 10.6 Å². The number of ether oxygens (including phenoxy) is 1. The average molecular weight is 397 g/mol. The number of primary amides is 1. The summed E-state index contributed by atoms with van der Waals surface area (Å²) in [4.78, 5) is 38.4. The first-order chi connectivity index (χ1) is 13.7. The molecule has 1 atom stereocenters. The molecule has 2 amide bonds. The molecule has 3 rings (SSSR count). The van der Waals surface area contributed by atoms with Crippen LogP contribution in [0.1, 0.15) is 49.7 Å². The summed E-state index contributed by atoms with van der Waals surface area (Å²) in [6.07, 6.45) is 2.55. The highest BCUT2D eigenvalue weighted by molar-refractivity contribution is 6.05. The van der Waals surface area contributed by atoms with Gasteiger partial charge in [0.1, 0.15) is 34.7 Å². The predicted molar refractivity (Wildman–Crippen MR) is 105 cm³/mol. The lowest BCUT2D eigenvalue weighted by molar-refractivity contribution is 0.0206. The molecule has 0 bridgehead atoms. The Morgan fingerprint density at radius 1 is 1.34 bits per heavy atom. The largest absolute Gasteiger partial charge is 0.444 e. The van der Waals surface area contributed by atoms with E-state index in [0.717, 1.165) is 12.8 Å². The molecule has 1 saturated heterocycles. The number of amides is 2. The Kier molecular flexibility index (Phi) is 5.50. The Labute approximate surface area is 168 Å². The van der Waals surface area contributed by atoms with Crippen LogP contribution < -0.4 is 11.1 Å². The Balaban J connectivity index is 1.86. The first-order valence-corrected chi connectivity index (χ1v) is 9.28. The minimum Gasteiger partial charge on any atom is -0.444 e. The van der Waals surface area contributed by atoms with Gasteiger partial charge in [-0.05, 0) is 39.7 Å². The zero-order valence-corrected chi connectivity index (χ0v) is 16.6. The van der Waals surface area contributed by atoms with Gasteiger partial charge in [-0.1, -0.05) is 0 Å². The van der Waals surface area contributed by atoms with Crippen LogP contribution in [0.2, 0.25) is 0 Å². The molecule has 0 spiro atoms. The zero-order chi connectivity index (χ0) is 21.2. The van der Waals surface area contributed by atoms with E-state index in [1.165, 1.54) is 12.4 Å². The second-order valence-electron chi connectivity index (χ2n) is 7.86. The Morgan fingerprint density at radius 2 is 2.10 bits per heavy atom. The van der Waals surface area contributed by atoms with Crippen molar-refractivity contribution in [3.63, 3.8) is 0 Å². The number of rotatable bonds is 3. The number of fused-ring (bicyclic) bond motifs is 1. The third-order valence-corrected chi connectivity index (χ3v) is 4.38. The van der Waals surface area contributed by atoms with Gasteiger partial charge < -0.3 is 20.7 Å². The molecule has 10 heteroatoms. The number of nitrogens with two attached hydrogens (primary N) is 1. The maximum Gasteiger partial charge on any atom is 0.410 e. The van der Waals surface area contributed by atoms with E-state index in [-0.39, 0.29) is 34.4 Å². The van der Waals surface area contributed by atoms with Gasteiger partial charge in [-0.3, -0.25) is 4.79 Å². The van der Waals surface area contributed by atoms with Crippen LogP contribution in [-0.2, 0) is 4.74 Å². The fourth-order valence-electron chi connectivity index (χ4n) is 3.17. The van der Waals surface area contributed by atoms with Crippen LogP contribution in [0.3, 0.4) is 0 Å². The number of carbonyl (C=O) groups is 2. The van der Waals surface area contributed by atoms with Gasteiger partial charge in [0.25, 0.3) is 5.91 Å². The number of aromatic nitrogens is 3. The molecule has 152 valence electrons. The van der Waals surface area contributed by atoms with E-state index in [1.54, 1.807) is 4.90 Å². The molecular weight excluding hydrogens is 374 g/mol. The zero-order valence-electron chi connectivity index (χ0n) is 16.6. The highest BCUT2D eigenvalue weighted by Crippen LogP contribution is 2.24. The van der Waals surface area contributed by atoms with Gasteiger partial charge in [0.05, 0.1) is 5.56 Å². The number of carbonyl (C=O) groups excluding carboxylic acids is 2. The van der Waals surface area contributed by atoms with Gasteiger partial charge in [-0.2, -0.15) is 5.26 Å².